The fraction of sp³-hybridized carbons (Fsp3) is 0.778. The minimum atomic E-state index is -0.662. The summed E-state index contributed by atoms with van der Waals surface area (Å²) in [5.41, 5.74) is 0. The summed E-state index contributed by atoms with van der Waals surface area (Å²) in [5, 5.41) is 10.2. The second kappa shape index (κ2) is 7.56. The first-order valence-corrected chi connectivity index (χ1v) is 9.87. The fourth-order valence-electron chi connectivity index (χ4n) is 4.20. The number of fused-ring (bicyclic) bond motifs is 3. The maximum Gasteiger partial charge on any atom is 0.106 e. The second-order valence-corrected chi connectivity index (χ2v) is 7.59. The summed E-state index contributed by atoms with van der Waals surface area (Å²) in [5.74, 6) is 0. The number of hydrogen-bond acceptors (Lipinski definition) is 5. The van der Waals surface area contributed by atoms with Crippen molar-refractivity contribution in [3.63, 3.8) is 0 Å². The highest BCUT2D eigenvalue weighted by atomic mass is 79.9. The molecule has 134 valence electrons. The van der Waals surface area contributed by atoms with E-state index in [9.17, 15) is 5.11 Å². The summed E-state index contributed by atoms with van der Waals surface area (Å²) < 4.78 is 24.7. The van der Waals surface area contributed by atoms with E-state index < -0.39 is 6.10 Å². The van der Waals surface area contributed by atoms with Gasteiger partial charge in [0.05, 0.1) is 30.5 Å². The van der Waals surface area contributed by atoms with Crippen LogP contribution in [0.15, 0.2) is 23.2 Å². The van der Waals surface area contributed by atoms with E-state index in [1.54, 1.807) is 11.1 Å². The Morgan fingerprint density at radius 1 is 0.917 bits per heavy atom. The van der Waals surface area contributed by atoms with Crippen molar-refractivity contribution >= 4 is 15.9 Å². The molecule has 4 aliphatic rings. The zero-order valence-electron chi connectivity index (χ0n) is 13.6. The molecule has 0 aliphatic carbocycles. The van der Waals surface area contributed by atoms with Gasteiger partial charge >= 0.3 is 0 Å². The Morgan fingerprint density at radius 3 is 2.62 bits per heavy atom. The Bertz CT molecular complexity index is 496. The van der Waals surface area contributed by atoms with Gasteiger partial charge in [0.15, 0.2) is 0 Å². The van der Waals surface area contributed by atoms with Gasteiger partial charge in [0.1, 0.15) is 18.3 Å². The quantitative estimate of drug-likeness (QED) is 0.685. The van der Waals surface area contributed by atoms with Crippen molar-refractivity contribution in [3.05, 3.63) is 23.2 Å². The Morgan fingerprint density at radius 2 is 1.75 bits per heavy atom. The lowest BCUT2D eigenvalue weighted by atomic mass is 9.89. The molecule has 4 unspecified atom stereocenters. The SMILES string of the molecule is OC1C=CC2OC3CC4OCCCC[C@@H]4O[C@@H]3C[C@@H]2O[C@@H]1/C=C\Br. The summed E-state index contributed by atoms with van der Waals surface area (Å²) in [4.78, 5) is 1.73. The van der Waals surface area contributed by atoms with Crippen LogP contribution in [-0.4, -0.2) is 60.5 Å². The van der Waals surface area contributed by atoms with E-state index in [4.69, 9.17) is 18.9 Å². The van der Waals surface area contributed by atoms with E-state index in [0.717, 1.165) is 38.7 Å². The highest BCUT2D eigenvalue weighted by molar-refractivity contribution is 9.11. The molecule has 5 nitrogen and oxygen atoms in total. The van der Waals surface area contributed by atoms with Crippen molar-refractivity contribution in [1.29, 1.82) is 0 Å². The normalized spacial score (nSPS) is 48.9. The molecule has 0 amide bonds. The summed E-state index contributed by atoms with van der Waals surface area (Å²) >= 11 is 3.26. The van der Waals surface area contributed by atoms with Crippen LogP contribution in [0.25, 0.3) is 0 Å². The highest BCUT2D eigenvalue weighted by Crippen LogP contribution is 2.38. The molecule has 6 heteroatoms. The Hall–Kier alpha value is -0.240. The largest absolute Gasteiger partial charge is 0.386 e. The summed E-state index contributed by atoms with van der Waals surface area (Å²) in [6, 6.07) is 0. The summed E-state index contributed by atoms with van der Waals surface area (Å²) in [7, 11) is 0. The van der Waals surface area contributed by atoms with Crippen LogP contribution in [0.5, 0.6) is 0 Å². The molecular formula is C18H25BrO5. The van der Waals surface area contributed by atoms with Gasteiger partial charge in [-0.3, -0.25) is 0 Å². The van der Waals surface area contributed by atoms with E-state index in [-0.39, 0.29) is 42.7 Å². The van der Waals surface area contributed by atoms with Crippen molar-refractivity contribution in [2.75, 3.05) is 6.61 Å². The van der Waals surface area contributed by atoms with Crippen molar-refractivity contribution in [2.45, 2.75) is 80.9 Å². The first kappa shape index (κ1) is 17.2. The van der Waals surface area contributed by atoms with Gasteiger partial charge in [-0.05, 0) is 30.3 Å². The zero-order valence-corrected chi connectivity index (χ0v) is 15.2. The van der Waals surface area contributed by atoms with Crippen LogP contribution in [0, 0.1) is 0 Å². The third-order valence-corrected chi connectivity index (χ3v) is 5.76. The predicted molar refractivity (Wildman–Crippen MR) is 92.0 cm³/mol. The van der Waals surface area contributed by atoms with E-state index in [1.165, 1.54) is 0 Å². The molecule has 0 radical (unpaired) electrons. The molecule has 0 aromatic heterocycles. The highest BCUT2D eigenvalue weighted by Gasteiger charge is 2.47. The smallest absolute Gasteiger partial charge is 0.106 e. The molecule has 1 N–H and O–H groups in total. The van der Waals surface area contributed by atoms with Gasteiger partial charge in [-0.1, -0.05) is 28.1 Å². The van der Waals surface area contributed by atoms with Crippen molar-refractivity contribution in [1.82, 2.24) is 0 Å². The maximum atomic E-state index is 10.2. The monoisotopic (exact) mass is 400 g/mol. The molecule has 0 aromatic rings. The van der Waals surface area contributed by atoms with Crippen molar-refractivity contribution in [2.24, 2.45) is 0 Å². The molecule has 4 rings (SSSR count). The lowest BCUT2D eigenvalue weighted by molar-refractivity contribution is -0.248. The lowest BCUT2D eigenvalue weighted by Gasteiger charge is -2.47. The predicted octanol–water partition coefficient (Wildman–Crippen LogP) is 2.46. The van der Waals surface area contributed by atoms with Crippen LogP contribution in [0.1, 0.15) is 32.1 Å². The first-order valence-electron chi connectivity index (χ1n) is 8.96. The van der Waals surface area contributed by atoms with Gasteiger partial charge < -0.3 is 24.1 Å². The number of aliphatic hydroxyl groups is 1. The number of hydrogen-bond donors (Lipinski definition) is 1. The van der Waals surface area contributed by atoms with Crippen LogP contribution >= 0.6 is 15.9 Å². The number of rotatable bonds is 1. The summed E-state index contributed by atoms with van der Waals surface area (Å²) in [6.07, 6.45) is 9.71. The molecule has 4 aliphatic heterocycles. The van der Waals surface area contributed by atoms with Gasteiger partial charge in [-0.25, -0.2) is 0 Å². The molecule has 3 fully saturated rings. The lowest BCUT2D eigenvalue weighted by Crippen LogP contribution is -2.56. The first-order chi connectivity index (χ1) is 11.7. The van der Waals surface area contributed by atoms with E-state index in [1.807, 2.05) is 12.2 Å². The third kappa shape index (κ3) is 3.50. The standard InChI is InChI=1S/C18H25BrO5/c19-7-6-12-11(20)4-5-14-16(22-12)10-18-17(24-14)9-15-13(23-18)3-1-2-8-21-15/h4-7,11-18,20H,1-3,8-10H2/b7-6-/t11?,12-,13+,14?,15?,16+,17?,18-/m1/s1. The number of aliphatic hydroxyl groups excluding tert-OH is 1. The van der Waals surface area contributed by atoms with Crippen molar-refractivity contribution in [3.8, 4) is 0 Å². The number of ether oxygens (including phenoxy) is 4. The Kier molecular flexibility index (Phi) is 5.41. The fourth-order valence-corrected chi connectivity index (χ4v) is 4.50. The second-order valence-electron chi connectivity index (χ2n) is 7.06. The minimum Gasteiger partial charge on any atom is -0.386 e. The minimum absolute atomic E-state index is 0.0410. The number of halogens is 1. The van der Waals surface area contributed by atoms with E-state index in [2.05, 4.69) is 15.9 Å². The molecule has 0 spiro atoms. The van der Waals surface area contributed by atoms with Crippen LogP contribution in [0.3, 0.4) is 0 Å². The van der Waals surface area contributed by atoms with E-state index >= 15 is 0 Å². The Balaban J connectivity index is 1.48. The van der Waals surface area contributed by atoms with Crippen LogP contribution < -0.4 is 0 Å². The molecule has 8 atom stereocenters. The molecule has 0 aromatic carbocycles. The van der Waals surface area contributed by atoms with Crippen LogP contribution in [0.4, 0.5) is 0 Å². The van der Waals surface area contributed by atoms with Gasteiger partial charge in [-0.2, -0.15) is 0 Å². The maximum absolute atomic E-state index is 10.2. The average molecular weight is 401 g/mol. The third-order valence-electron chi connectivity index (χ3n) is 5.45. The van der Waals surface area contributed by atoms with Crippen LogP contribution in [0.2, 0.25) is 0 Å². The van der Waals surface area contributed by atoms with Crippen LogP contribution in [-0.2, 0) is 18.9 Å². The van der Waals surface area contributed by atoms with E-state index in [0.29, 0.717) is 0 Å². The molecule has 4 heterocycles. The average Bonchev–Trinajstić information content (AvgIpc) is 2.89. The molecular weight excluding hydrogens is 376 g/mol. The molecule has 0 saturated carbocycles. The summed E-state index contributed by atoms with van der Waals surface area (Å²) in [6.45, 7) is 0.823. The van der Waals surface area contributed by atoms with Gasteiger partial charge in [0, 0.05) is 19.4 Å². The van der Waals surface area contributed by atoms with Crippen molar-refractivity contribution < 1.29 is 24.1 Å². The molecule has 24 heavy (non-hydrogen) atoms. The van der Waals surface area contributed by atoms with Gasteiger partial charge in [0.2, 0.25) is 0 Å². The topological polar surface area (TPSA) is 57.2 Å². The zero-order chi connectivity index (χ0) is 16.5. The molecule has 3 saturated heterocycles. The van der Waals surface area contributed by atoms with Gasteiger partial charge in [0.25, 0.3) is 0 Å². The molecule has 0 bridgehead atoms. The Labute approximate surface area is 151 Å². The van der Waals surface area contributed by atoms with Gasteiger partial charge in [-0.15, -0.1) is 0 Å².